The van der Waals surface area contributed by atoms with Gasteiger partial charge in [0.15, 0.2) is 6.10 Å². The van der Waals surface area contributed by atoms with Gasteiger partial charge in [0, 0.05) is 35.9 Å². The molecule has 0 aliphatic carbocycles. The van der Waals surface area contributed by atoms with Crippen LogP contribution in [0.25, 0.3) is 28.2 Å². The van der Waals surface area contributed by atoms with E-state index >= 15 is 0 Å². The normalized spacial score (nSPS) is 13.8. The Bertz CT molecular complexity index is 1840. The van der Waals surface area contributed by atoms with Crippen molar-refractivity contribution in [2.24, 2.45) is 0 Å². The number of pyridine rings is 1. The minimum atomic E-state index is -1.29. The zero-order valence-corrected chi connectivity index (χ0v) is 24.8. The molecule has 11 heteroatoms. The van der Waals surface area contributed by atoms with Crippen molar-refractivity contribution in [1.29, 1.82) is 0 Å². The second-order valence-corrected chi connectivity index (χ2v) is 11.8. The number of aryl methyl sites for hydroxylation is 1. The molecule has 0 saturated carbocycles. The lowest BCUT2D eigenvalue weighted by Crippen LogP contribution is -2.28. The molecule has 5 aromatic rings. The Morgan fingerprint density at radius 1 is 1.23 bits per heavy atom. The van der Waals surface area contributed by atoms with Crippen molar-refractivity contribution >= 4 is 28.8 Å². The Balaban J connectivity index is 1.52. The van der Waals surface area contributed by atoms with E-state index in [-0.39, 0.29) is 5.82 Å². The predicted molar refractivity (Wildman–Crippen MR) is 160 cm³/mol. The number of aliphatic carboxylic acids is 1. The summed E-state index contributed by atoms with van der Waals surface area (Å²) in [5, 5.41) is 18.8. The molecule has 4 heterocycles. The first-order valence-electron chi connectivity index (χ1n) is 13.8. The van der Waals surface area contributed by atoms with Crippen LogP contribution in [0, 0.1) is 12.7 Å². The molecule has 0 saturated heterocycles. The van der Waals surface area contributed by atoms with E-state index in [2.05, 4.69) is 10.3 Å². The molecule has 2 aromatic carbocycles. The zero-order chi connectivity index (χ0) is 30.5. The molecule has 1 aliphatic rings. The lowest BCUT2D eigenvalue weighted by molar-refractivity contribution is -0.160. The van der Waals surface area contributed by atoms with E-state index in [9.17, 15) is 14.3 Å². The van der Waals surface area contributed by atoms with Crippen molar-refractivity contribution < 1.29 is 28.2 Å². The maximum atomic E-state index is 13.3. The van der Waals surface area contributed by atoms with Crippen LogP contribution in [-0.2, 0) is 16.0 Å². The van der Waals surface area contributed by atoms with Crippen LogP contribution in [0.5, 0.6) is 5.75 Å². The first-order valence-corrected chi connectivity index (χ1v) is 14.2. The van der Waals surface area contributed by atoms with Crippen molar-refractivity contribution in [1.82, 2.24) is 14.6 Å². The fourth-order valence-corrected chi connectivity index (χ4v) is 5.58. The number of fused-ring (bicyclic) bond motifs is 2. The van der Waals surface area contributed by atoms with Gasteiger partial charge in [-0.1, -0.05) is 23.7 Å². The molecule has 0 amide bonds. The second kappa shape index (κ2) is 11.0. The van der Waals surface area contributed by atoms with Crippen molar-refractivity contribution in [2.45, 2.75) is 45.8 Å². The highest BCUT2D eigenvalue weighted by Gasteiger charge is 2.33. The monoisotopic (exact) mass is 604 g/mol. The highest BCUT2D eigenvalue weighted by molar-refractivity contribution is 6.36. The maximum absolute atomic E-state index is 13.3. The Labute approximate surface area is 252 Å². The summed E-state index contributed by atoms with van der Waals surface area (Å²) in [7, 11) is 0. The van der Waals surface area contributed by atoms with Crippen LogP contribution in [0.2, 0.25) is 5.02 Å². The molecule has 9 nitrogen and oxygen atoms in total. The van der Waals surface area contributed by atoms with Gasteiger partial charge in [-0.15, -0.1) is 0 Å². The summed E-state index contributed by atoms with van der Waals surface area (Å²) >= 11 is 7.00. The number of benzene rings is 2. The number of hydrogen-bond acceptors (Lipinski definition) is 7. The highest BCUT2D eigenvalue weighted by atomic mass is 35.5. The average molecular weight is 605 g/mol. The maximum Gasteiger partial charge on any atom is 0.337 e. The number of ether oxygens (including phenoxy) is 2. The number of carbonyl (C=O) groups is 1. The van der Waals surface area contributed by atoms with Crippen LogP contribution in [0.3, 0.4) is 0 Å². The third-order valence-corrected chi connectivity index (χ3v) is 7.45. The summed E-state index contributed by atoms with van der Waals surface area (Å²) in [5.41, 5.74) is 4.07. The first kappa shape index (κ1) is 28.7. The van der Waals surface area contributed by atoms with Gasteiger partial charge in [-0.2, -0.15) is 5.10 Å². The van der Waals surface area contributed by atoms with Gasteiger partial charge in [-0.3, -0.25) is 0 Å². The van der Waals surface area contributed by atoms with E-state index in [1.165, 1.54) is 12.1 Å². The van der Waals surface area contributed by atoms with Gasteiger partial charge < -0.3 is 24.3 Å². The van der Waals surface area contributed by atoms with Crippen molar-refractivity contribution in [3.05, 3.63) is 88.1 Å². The molecule has 0 bridgehead atoms. The minimum Gasteiger partial charge on any atom is -0.490 e. The Morgan fingerprint density at radius 2 is 2.00 bits per heavy atom. The zero-order valence-electron chi connectivity index (χ0n) is 24.1. The molecule has 1 aliphatic heterocycles. The number of nitrogens with one attached hydrogen (secondary N) is 1. The largest absolute Gasteiger partial charge is 0.490 e. The van der Waals surface area contributed by atoms with E-state index in [4.69, 9.17) is 30.6 Å². The molecule has 1 atom stereocenters. The van der Waals surface area contributed by atoms with Crippen LogP contribution in [0.1, 0.15) is 49.3 Å². The Kier molecular flexibility index (Phi) is 7.35. The summed E-state index contributed by atoms with van der Waals surface area (Å²) in [5.74, 6) is 0.0607. The number of halogens is 2. The van der Waals surface area contributed by atoms with E-state index < -0.39 is 17.7 Å². The van der Waals surface area contributed by atoms with Gasteiger partial charge in [0.1, 0.15) is 29.6 Å². The molecular weight excluding hydrogens is 575 g/mol. The fraction of sp³-hybridized carbons (Fsp3) is 0.281. The second-order valence-electron chi connectivity index (χ2n) is 11.4. The van der Waals surface area contributed by atoms with Gasteiger partial charge >= 0.3 is 5.97 Å². The highest BCUT2D eigenvalue weighted by Crippen LogP contribution is 2.46. The molecule has 3 aromatic heterocycles. The van der Waals surface area contributed by atoms with E-state index in [1.54, 1.807) is 35.1 Å². The standard InChI is InChI=1S/C32H30ClFN4O5/c1-17-16-38-23(14-22(37-38)30-36-15-20(42-30)13-18-5-7-19(34)8-6-18)26(25(17)29(31(39)40)43-32(2,3)4)21-9-10-24-28(27(21)33)35-11-12-41-24/h5-10,14-16,29,35H,11-13H2,1-4H3,(H,39,40)/t29-/m0/s1. The molecule has 0 spiro atoms. The summed E-state index contributed by atoms with van der Waals surface area (Å²) in [6.07, 6.45) is 2.51. The van der Waals surface area contributed by atoms with Crippen molar-refractivity contribution in [3.63, 3.8) is 0 Å². The molecule has 0 unspecified atom stereocenters. The molecule has 0 fully saturated rings. The van der Waals surface area contributed by atoms with Gasteiger partial charge in [0.2, 0.25) is 5.89 Å². The number of nitrogens with zero attached hydrogens (tertiary/aromatic N) is 3. The molecule has 43 heavy (non-hydrogen) atoms. The van der Waals surface area contributed by atoms with Crippen LogP contribution < -0.4 is 10.1 Å². The number of oxazole rings is 1. The molecule has 6 rings (SSSR count). The van der Waals surface area contributed by atoms with E-state index in [1.807, 2.05) is 39.8 Å². The number of hydrogen-bond donors (Lipinski definition) is 2. The third-order valence-electron chi connectivity index (χ3n) is 7.06. The summed E-state index contributed by atoms with van der Waals surface area (Å²) in [4.78, 5) is 17.1. The number of carboxylic acid groups (broad SMARTS) is 1. The molecule has 0 radical (unpaired) electrons. The van der Waals surface area contributed by atoms with E-state index in [0.717, 1.165) is 5.56 Å². The minimum absolute atomic E-state index is 0.290. The summed E-state index contributed by atoms with van der Waals surface area (Å²) < 4.78 is 32.9. The van der Waals surface area contributed by atoms with Crippen LogP contribution in [0.4, 0.5) is 10.1 Å². The summed E-state index contributed by atoms with van der Waals surface area (Å²) in [6.45, 7) is 8.35. The fourth-order valence-electron chi connectivity index (χ4n) is 5.26. The van der Waals surface area contributed by atoms with E-state index in [0.29, 0.717) is 81.1 Å². The Hall–Kier alpha value is -4.41. The van der Waals surface area contributed by atoms with Gasteiger partial charge in [0.05, 0.1) is 28.0 Å². The van der Waals surface area contributed by atoms with Crippen molar-refractivity contribution in [2.75, 3.05) is 18.5 Å². The van der Waals surface area contributed by atoms with Crippen LogP contribution in [0.15, 0.2) is 59.3 Å². The lowest BCUT2D eigenvalue weighted by Gasteiger charge is -2.29. The first-order chi connectivity index (χ1) is 20.5. The molecule has 222 valence electrons. The quantitative estimate of drug-likeness (QED) is 0.202. The predicted octanol–water partition coefficient (Wildman–Crippen LogP) is 7.09. The number of aromatic nitrogens is 3. The number of carboxylic acids is 1. The van der Waals surface area contributed by atoms with Crippen LogP contribution in [-0.4, -0.2) is 44.4 Å². The number of anilines is 1. The smallest absolute Gasteiger partial charge is 0.337 e. The molecule has 2 N–H and O–H groups in total. The molecular formula is C32H30ClFN4O5. The Morgan fingerprint density at radius 3 is 2.72 bits per heavy atom. The van der Waals surface area contributed by atoms with Gasteiger partial charge in [-0.25, -0.2) is 18.7 Å². The third kappa shape index (κ3) is 5.68. The van der Waals surface area contributed by atoms with Crippen LogP contribution >= 0.6 is 11.6 Å². The van der Waals surface area contributed by atoms with Crippen molar-refractivity contribution in [3.8, 4) is 28.5 Å². The topological polar surface area (TPSA) is 111 Å². The average Bonchev–Trinajstić information content (AvgIpc) is 3.59. The SMILES string of the molecule is Cc1cn2nc(-c3ncc(Cc4ccc(F)cc4)o3)cc2c(-c2ccc3c(c2Cl)NCCO3)c1[C@H](OC(C)(C)C)C(=O)O. The summed E-state index contributed by atoms with van der Waals surface area (Å²) in [6, 6.07) is 11.6. The van der Waals surface area contributed by atoms with Gasteiger partial charge in [0.25, 0.3) is 0 Å². The van der Waals surface area contributed by atoms with Gasteiger partial charge in [-0.05, 0) is 69.2 Å². The number of rotatable bonds is 7. The lowest BCUT2D eigenvalue weighted by atomic mass is 9.91.